The van der Waals surface area contributed by atoms with Crippen LogP contribution in [0.1, 0.15) is 29.7 Å². The molecule has 1 aliphatic carbocycles. The number of rotatable bonds is 4. The average Bonchev–Trinajstić information content (AvgIpc) is 2.90. The first-order valence-electron chi connectivity index (χ1n) is 7.90. The van der Waals surface area contributed by atoms with Crippen molar-refractivity contribution >= 4 is 21.9 Å². The van der Waals surface area contributed by atoms with Gasteiger partial charge in [-0.1, -0.05) is 40.7 Å². The normalized spacial score (nSPS) is 25.2. The van der Waals surface area contributed by atoms with E-state index in [-0.39, 0.29) is 18.6 Å². The zero-order chi connectivity index (χ0) is 18.2. The molecule has 25 heavy (non-hydrogen) atoms. The van der Waals surface area contributed by atoms with Gasteiger partial charge >= 0.3 is 5.97 Å². The summed E-state index contributed by atoms with van der Waals surface area (Å²) in [5.74, 6) is -2.09. The second-order valence-electron chi connectivity index (χ2n) is 6.43. The number of ether oxygens (including phenoxy) is 1. The van der Waals surface area contributed by atoms with Crippen LogP contribution in [0.25, 0.3) is 0 Å². The lowest BCUT2D eigenvalue weighted by Gasteiger charge is -2.40. The molecule has 2 aromatic rings. The molecule has 1 aromatic carbocycles. The van der Waals surface area contributed by atoms with Gasteiger partial charge in [-0.15, -0.1) is 0 Å². The molecule has 0 fully saturated rings. The highest BCUT2D eigenvalue weighted by Gasteiger charge is 2.51. The van der Waals surface area contributed by atoms with Crippen LogP contribution in [-0.2, 0) is 16.0 Å². The van der Waals surface area contributed by atoms with Gasteiger partial charge in [0.05, 0.1) is 11.5 Å². The van der Waals surface area contributed by atoms with Crippen LogP contribution in [0.15, 0.2) is 46.2 Å². The van der Waals surface area contributed by atoms with Gasteiger partial charge in [0.2, 0.25) is 0 Å². The van der Waals surface area contributed by atoms with Crippen LogP contribution in [0, 0.1) is 5.92 Å². The topological polar surface area (TPSA) is 95.2 Å². The van der Waals surface area contributed by atoms with Crippen LogP contribution in [-0.4, -0.2) is 33.5 Å². The average molecular weight is 407 g/mol. The number of benzene rings is 1. The fraction of sp³-hybridized carbons (Fsp3) is 0.333. The summed E-state index contributed by atoms with van der Waals surface area (Å²) in [7, 11) is 0. The zero-order valence-electron chi connectivity index (χ0n) is 13.7. The van der Waals surface area contributed by atoms with Gasteiger partial charge in [-0.3, -0.25) is 14.7 Å². The lowest BCUT2D eigenvalue weighted by Crippen LogP contribution is -2.50. The van der Waals surface area contributed by atoms with E-state index < -0.39 is 23.4 Å². The van der Waals surface area contributed by atoms with E-state index >= 15 is 0 Å². The fourth-order valence-electron chi connectivity index (χ4n) is 3.55. The number of H-pyrrole nitrogens is 2. The third-order valence-electron chi connectivity index (χ3n) is 4.55. The molecule has 0 amide bonds. The van der Waals surface area contributed by atoms with Gasteiger partial charge in [0.25, 0.3) is 5.56 Å². The first-order valence-corrected chi connectivity index (χ1v) is 8.69. The smallest absolute Gasteiger partial charge is 0.313 e. The third kappa shape index (κ3) is 3.21. The van der Waals surface area contributed by atoms with Gasteiger partial charge in [-0.25, -0.2) is 0 Å². The summed E-state index contributed by atoms with van der Waals surface area (Å²) < 4.78 is 6.05. The van der Waals surface area contributed by atoms with Gasteiger partial charge in [0, 0.05) is 28.1 Å². The van der Waals surface area contributed by atoms with Crippen molar-refractivity contribution in [2.24, 2.45) is 5.92 Å². The maximum Gasteiger partial charge on any atom is 0.313 e. The van der Waals surface area contributed by atoms with Gasteiger partial charge in [-0.05, 0) is 24.6 Å². The number of aliphatic hydroxyl groups is 1. The van der Waals surface area contributed by atoms with E-state index in [1.54, 1.807) is 6.92 Å². The van der Waals surface area contributed by atoms with E-state index in [2.05, 4.69) is 32.7 Å². The maximum absolute atomic E-state index is 12.7. The monoisotopic (exact) mass is 406 g/mol. The van der Waals surface area contributed by atoms with E-state index in [1.807, 2.05) is 24.3 Å². The van der Waals surface area contributed by atoms with E-state index in [9.17, 15) is 14.7 Å². The number of halogens is 1. The van der Waals surface area contributed by atoms with E-state index in [0.29, 0.717) is 11.3 Å². The zero-order valence-corrected chi connectivity index (χ0v) is 15.3. The Bertz CT molecular complexity index is 868. The number of aromatic nitrogens is 2. The second kappa shape index (κ2) is 6.65. The summed E-state index contributed by atoms with van der Waals surface area (Å²) in [5, 5.41) is 16.4. The van der Waals surface area contributed by atoms with E-state index in [4.69, 9.17) is 4.74 Å². The third-order valence-corrected chi connectivity index (χ3v) is 5.04. The standard InChI is InChI=1S/C18H19BrN2O4/c1-3-7-25-17(23)15-13(10-5-4-6-11(19)8-10)14-12(9-18(15,2)24)20-21-16(14)22/h3-6,8,13,15,24H,1,7,9H2,2H3,(H2,20,21,22)/t13-,15+,18-/m1/s1. The molecule has 0 bridgehead atoms. The molecule has 0 aliphatic heterocycles. The van der Waals surface area contributed by atoms with Crippen LogP contribution < -0.4 is 5.56 Å². The molecule has 0 radical (unpaired) electrons. The number of esters is 1. The van der Waals surface area contributed by atoms with Crippen LogP contribution >= 0.6 is 15.9 Å². The summed E-state index contributed by atoms with van der Waals surface area (Å²) in [6, 6.07) is 7.37. The molecule has 0 unspecified atom stereocenters. The van der Waals surface area contributed by atoms with Crippen LogP contribution in [0.2, 0.25) is 0 Å². The van der Waals surface area contributed by atoms with Crippen LogP contribution in [0.4, 0.5) is 0 Å². The van der Waals surface area contributed by atoms with E-state index in [1.165, 1.54) is 6.08 Å². The number of hydrogen-bond donors (Lipinski definition) is 3. The minimum atomic E-state index is -1.37. The SMILES string of the molecule is C=CCOC(=O)[C@@H]1[C@H](c2cccc(Br)c2)c2c([nH][nH]c2=O)C[C@@]1(C)O. The summed E-state index contributed by atoms with van der Waals surface area (Å²) in [6.45, 7) is 5.18. The summed E-state index contributed by atoms with van der Waals surface area (Å²) in [6.07, 6.45) is 1.62. The highest BCUT2D eigenvalue weighted by atomic mass is 79.9. The number of nitrogens with one attached hydrogen (secondary N) is 2. The quantitative estimate of drug-likeness (QED) is 0.535. The largest absolute Gasteiger partial charge is 0.461 e. The molecule has 6 nitrogen and oxygen atoms in total. The van der Waals surface area contributed by atoms with Crippen molar-refractivity contribution in [1.82, 2.24) is 10.2 Å². The van der Waals surface area contributed by atoms with Crippen LogP contribution in [0.5, 0.6) is 0 Å². The number of hydrogen-bond acceptors (Lipinski definition) is 4. The Balaban J connectivity index is 2.18. The van der Waals surface area contributed by atoms with Gasteiger partial charge in [-0.2, -0.15) is 0 Å². The van der Waals surface area contributed by atoms with Gasteiger partial charge in [0.1, 0.15) is 6.61 Å². The maximum atomic E-state index is 12.7. The molecular formula is C18H19BrN2O4. The molecule has 1 aliphatic rings. The molecule has 3 rings (SSSR count). The van der Waals surface area contributed by atoms with Crippen molar-refractivity contribution in [3.8, 4) is 0 Å². The molecule has 0 saturated heterocycles. The van der Waals surface area contributed by atoms with Gasteiger partial charge < -0.3 is 14.9 Å². The Morgan fingerprint density at radius 2 is 2.28 bits per heavy atom. The molecule has 3 N–H and O–H groups in total. The summed E-state index contributed by atoms with van der Waals surface area (Å²) >= 11 is 3.42. The highest BCUT2D eigenvalue weighted by molar-refractivity contribution is 9.10. The summed E-state index contributed by atoms with van der Waals surface area (Å²) in [5.41, 5.74) is 0.153. The number of aromatic amines is 2. The lowest BCUT2D eigenvalue weighted by molar-refractivity contribution is -0.158. The molecule has 0 spiro atoms. The Morgan fingerprint density at radius 1 is 1.52 bits per heavy atom. The minimum absolute atomic E-state index is 0.0486. The molecule has 0 saturated carbocycles. The van der Waals surface area contributed by atoms with E-state index in [0.717, 1.165) is 10.0 Å². The Hall–Kier alpha value is -2.12. The molecular weight excluding hydrogens is 388 g/mol. The lowest BCUT2D eigenvalue weighted by atomic mass is 9.66. The van der Waals surface area contributed by atoms with Crippen molar-refractivity contribution < 1.29 is 14.6 Å². The molecule has 1 heterocycles. The van der Waals surface area contributed by atoms with Crippen molar-refractivity contribution in [2.45, 2.75) is 24.9 Å². The van der Waals surface area contributed by atoms with Crippen molar-refractivity contribution in [3.63, 3.8) is 0 Å². The first-order chi connectivity index (χ1) is 11.8. The Labute approximate surface area is 153 Å². The first kappa shape index (κ1) is 17.7. The molecule has 1 aromatic heterocycles. The predicted molar refractivity (Wildman–Crippen MR) is 96.4 cm³/mol. The number of fused-ring (bicyclic) bond motifs is 1. The highest BCUT2D eigenvalue weighted by Crippen LogP contribution is 2.44. The molecule has 132 valence electrons. The predicted octanol–water partition coefficient (Wildman–Crippen LogP) is 2.25. The molecule has 7 heteroatoms. The van der Waals surface area contributed by atoms with Crippen LogP contribution in [0.3, 0.4) is 0 Å². The van der Waals surface area contributed by atoms with Crippen molar-refractivity contribution in [1.29, 1.82) is 0 Å². The van der Waals surface area contributed by atoms with Crippen molar-refractivity contribution in [3.05, 3.63) is 68.6 Å². The number of carbonyl (C=O) groups is 1. The Kier molecular flexibility index (Phi) is 4.71. The van der Waals surface area contributed by atoms with Gasteiger partial charge in [0.15, 0.2) is 0 Å². The van der Waals surface area contributed by atoms with Crippen molar-refractivity contribution in [2.75, 3.05) is 6.61 Å². The Morgan fingerprint density at radius 3 is 2.96 bits per heavy atom. The number of carbonyl (C=O) groups excluding carboxylic acids is 1. The minimum Gasteiger partial charge on any atom is -0.461 e. The second-order valence-corrected chi connectivity index (χ2v) is 7.35. The fourth-order valence-corrected chi connectivity index (χ4v) is 3.96. The molecule has 3 atom stereocenters. The summed E-state index contributed by atoms with van der Waals surface area (Å²) in [4.78, 5) is 25.1.